The van der Waals surface area contributed by atoms with Crippen LogP contribution in [0.1, 0.15) is 39.0 Å². The van der Waals surface area contributed by atoms with Gasteiger partial charge in [0.25, 0.3) is 0 Å². The number of nitrogens with zero attached hydrogens (tertiary/aromatic N) is 4. The van der Waals surface area contributed by atoms with E-state index in [1.54, 1.807) is 6.33 Å². The van der Waals surface area contributed by atoms with Crippen LogP contribution < -0.4 is 4.90 Å². The lowest BCUT2D eigenvalue weighted by Gasteiger charge is -2.37. The highest BCUT2D eigenvalue weighted by atomic mass is 32.2. The van der Waals surface area contributed by atoms with E-state index < -0.39 is 16.1 Å². The fourth-order valence-corrected chi connectivity index (χ4v) is 6.58. The summed E-state index contributed by atoms with van der Waals surface area (Å²) in [6.07, 6.45) is 7.24. The summed E-state index contributed by atoms with van der Waals surface area (Å²) >= 11 is 0. The number of sulfonamides is 1. The van der Waals surface area contributed by atoms with Crippen LogP contribution in [-0.2, 0) is 10.0 Å². The molecule has 2 fully saturated rings. The quantitative estimate of drug-likeness (QED) is 0.756. The smallest absolute Gasteiger partial charge is 0.214 e. The van der Waals surface area contributed by atoms with Crippen LogP contribution >= 0.6 is 0 Å². The summed E-state index contributed by atoms with van der Waals surface area (Å²) in [7, 11) is -3.27. The minimum Gasteiger partial charge on any atom is -0.392 e. The molecule has 8 nitrogen and oxygen atoms in total. The number of aliphatic hydroxyl groups is 1. The number of aromatic amines is 1. The first-order valence-corrected chi connectivity index (χ1v) is 11.8. The van der Waals surface area contributed by atoms with E-state index in [1.807, 2.05) is 12.3 Å². The van der Waals surface area contributed by atoms with Gasteiger partial charge in [-0.25, -0.2) is 18.4 Å². The van der Waals surface area contributed by atoms with Crippen LogP contribution in [0.4, 0.5) is 5.82 Å². The number of hydrogen-bond donors (Lipinski definition) is 2. The molecule has 1 saturated carbocycles. The Morgan fingerprint density at radius 3 is 2.71 bits per heavy atom. The van der Waals surface area contributed by atoms with Crippen molar-refractivity contribution in [2.45, 2.75) is 51.2 Å². The van der Waals surface area contributed by atoms with Gasteiger partial charge in [0.2, 0.25) is 10.0 Å². The summed E-state index contributed by atoms with van der Waals surface area (Å²) in [5, 5.41) is 10.7. The van der Waals surface area contributed by atoms with E-state index in [4.69, 9.17) is 0 Å². The van der Waals surface area contributed by atoms with Crippen molar-refractivity contribution in [1.82, 2.24) is 19.3 Å². The van der Waals surface area contributed by atoms with E-state index >= 15 is 0 Å². The highest BCUT2D eigenvalue weighted by molar-refractivity contribution is 7.89. The molecule has 154 valence electrons. The summed E-state index contributed by atoms with van der Waals surface area (Å²) in [5.74, 6) is 1.35. The van der Waals surface area contributed by atoms with Crippen LogP contribution in [-0.4, -0.2) is 70.3 Å². The first-order valence-electron chi connectivity index (χ1n) is 10.2. The van der Waals surface area contributed by atoms with Crippen molar-refractivity contribution in [3.05, 3.63) is 18.6 Å². The van der Waals surface area contributed by atoms with Crippen molar-refractivity contribution >= 4 is 26.9 Å². The molecule has 2 aromatic heterocycles. The molecule has 1 aliphatic heterocycles. The maximum absolute atomic E-state index is 12.6. The number of aromatic nitrogens is 3. The van der Waals surface area contributed by atoms with Crippen LogP contribution in [0.5, 0.6) is 0 Å². The van der Waals surface area contributed by atoms with Crippen LogP contribution in [0.15, 0.2) is 18.6 Å². The average Bonchev–Trinajstić information content (AvgIpc) is 3.33. The third-order valence-electron chi connectivity index (χ3n) is 6.17. The number of aliphatic hydroxyl groups excluding tert-OH is 1. The monoisotopic (exact) mass is 407 g/mol. The Kier molecular flexibility index (Phi) is 5.57. The second kappa shape index (κ2) is 7.96. The molecule has 2 N–H and O–H groups in total. The van der Waals surface area contributed by atoms with Gasteiger partial charge in [0, 0.05) is 31.9 Å². The summed E-state index contributed by atoms with van der Waals surface area (Å²) in [5.41, 5.74) is 0.844. The molecular weight excluding hydrogens is 378 g/mol. The lowest BCUT2D eigenvalue weighted by atomic mass is 9.86. The second-order valence-electron chi connectivity index (χ2n) is 7.98. The normalized spacial score (nSPS) is 26.7. The topological polar surface area (TPSA) is 102 Å². The van der Waals surface area contributed by atoms with Crippen molar-refractivity contribution in [3.8, 4) is 0 Å². The van der Waals surface area contributed by atoms with E-state index in [0.717, 1.165) is 49.1 Å². The minimum absolute atomic E-state index is 0.190. The van der Waals surface area contributed by atoms with Crippen molar-refractivity contribution in [1.29, 1.82) is 0 Å². The van der Waals surface area contributed by atoms with Crippen molar-refractivity contribution in [2.24, 2.45) is 5.92 Å². The average molecular weight is 408 g/mol. The number of fused-ring (bicyclic) bond motifs is 1. The molecule has 4 rings (SSSR count). The zero-order valence-corrected chi connectivity index (χ0v) is 17.1. The lowest BCUT2D eigenvalue weighted by molar-refractivity contribution is 0.189. The van der Waals surface area contributed by atoms with Crippen LogP contribution in [0.25, 0.3) is 11.0 Å². The molecule has 1 aliphatic carbocycles. The fraction of sp³-hybridized carbons (Fsp3) is 0.684. The molecule has 28 heavy (non-hydrogen) atoms. The van der Waals surface area contributed by atoms with Gasteiger partial charge in [-0.15, -0.1) is 0 Å². The second-order valence-corrected chi connectivity index (χ2v) is 9.99. The van der Waals surface area contributed by atoms with Gasteiger partial charge in [0.05, 0.1) is 17.2 Å². The number of H-pyrrole nitrogens is 1. The molecular formula is C19H29N5O3S. The standard InChI is InChI=1S/C19H29N5O3S/c1-2-24(19-17-7-9-20-18(17)21-13-22-19)15-5-3-14(4-6-15)12-28(26,27)23-10-8-16(25)11-23/h7,9,13-16,25H,2-6,8,10-12H2,1H3,(H,20,21,22)/t14?,15?,16-/m1/s1. The van der Waals surface area contributed by atoms with Gasteiger partial charge in [-0.05, 0) is 51.0 Å². The number of rotatable bonds is 6. The maximum atomic E-state index is 12.6. The highest BCUT2D eigenvalue weighted by Gasteiger charge is 2.34. The van der Waals surface area contributed by atoms with Crippen molar-refractivity contribution in [3.63, 3.8) is 0 Å². The minimum atomic E-state index is -3.27. The number of nitrogens with one attached hydrogen (secondary N) is 1. The van der Waals surface area contributed by atoms with Crippen molar-refractivity contribution in [2.75, 3.05) is 30.3 Å². The predicted octanol–water partition coefficient (Wildman–Crippen LogP) is 1.74. The molecule has 2 aromatic rings. The first kappa shape index (κ1) is 19.6. The largest absolute Gasteiger partial charge is 0.392 e. The lowest BCUT2D eigenvalue weighted by Crippen LogP contribution is -2.41. The molecule has 0 spiro atoms. The van der Waals surface area contributed by atoms with Crippen LogP contribution in [0.2, 0.25) is 0 Å². The Hall–Kier alpha value is -1.71. The molecule has 9 heteroatoms. The molecule has 2 aliphatic rings. The zero-order chi connectivity index (χ0) is 19.7. The predicted molar refractivity (Wildman–Crippen MR) is 109 cm³/mol. The Balaban J connectivity index is 1.40. The summed E-state index contributed by atoms with van der Waals surface area (Å²) in [6, 6.07) is 2.38. The molecule has 0 aromatic carbocycles. The zero-order valence-electron chi connectivity index (χ0n) is 16.3. The van der Waals surface area contributed by atoms with Crippen LogP contribution in [0, 0.1) is 5.92 Å². The van der Waals surface area contributed by atoms with Crippen LogP contribution in [0.3, 0.4) is 0 Å². The molecule has 1 atom stereocenters. The summed E-state index contributed by atoms with van der Waals surface area (Å²) < 4.78 is 26.7. The molecule has 0 bridgehead atoms. The van der Waals surface area contributed by atoms with Crippen molar-refractivity contribution < 1.29 is 13.5 Å². The van der Waals surface area contributed by atoms with E-state index in [0.29, 0.717) is 19.0 Å². The van der Waals surface area contributed by atoms with Gasteiger partial charge < -0.3 is 15.0 Å². The Morgan fingerprint density at radius 1 is 1.25 bits per heavy atom. The molecule has 0 unspecified atom stereocenters. The molecule has 0 radical (unpaired) electrons. The third kappa shape index (κ3) is 3.88. The third-order valence-corrected chi connectivity index (χ3v) is 8.18. The maximum Gasteiger partial charge on any atom is 0.214 e. The van der Waals surface area contributed by atoms with Gasteiger partial charge >= 0.3 is 0 Å². The number of β-amino-alcohol motifs (C(OH)–C–C–N with tert-alkyl or cyclic N) is 1. The Bertz CT molecular complexity index is 907. The number of hydrogen-bond acceptors (Lipinski definition) is 6. The van der Waals surface area contributed by atoms with Gasteiger partial charge in [0.15, 0.2) is 0 Å². The van der Waals surface area contributed by atoms with E-state index in [1.165, 1.54) is 4.31 Å². The summed E-state index contributed by atoms with van der Waals surface area (Å²) in [4.78, 5) is 14.3. The first-order chi connectivity index (χ1) is 13.5. The van der Waals surface area contributed by atoms with Gasteiger partial charge in [-0.3, -0.25) is 0 Å². The van der Waals surface area contributed by atoms with E-state index in [2.05, 4.69) is 26.8 Å². The SMILES string of the molecule is CCN(c1ncnc2[nH]ccc12)C1CCC(CS(=O)(=O)N2CC[C@@H](O)C2)CC1. The molecule has 1 saturated heterocycles. The summed E-state index contributed by atoms with van der Waals surface area (Å²) in [6.45, 7) is 3.69. The van der Waals surface area contributed by atoms with Gasteiger partial charge in [0.1, 0.15) is 17.8 Å². The number of anilines is 1. The van der Waals surface area contributed by atoms with E-state index in [9.17, 15) is 13.5 Å². The highest BCUT2D eigenvalue weighted by Crippen LogP contribution is 2.33. The van der Waals surface area contributed by atoms with Gasteiger partial charge in [-0.1, -0.05) is 0 Å². The van der Waals surface area contributed by atoms with E-state index in [-0.39, 0.29) is 18.2 Å². The fourth-order valence-electron chi connectivity index (χ4n) is 4.66. The Labute approximate surface area is 166 Å². The van der Waals surface area contributed by atoms with Gasteiger partial charge in [-0.2, -0.15) is 4.31 Å². The molecule has 3 heterocycles. The Morgan fingerprint density at radius 2 is 2.04 bits per heavy atom. The molecule has 0 amide bonds.